The molecule has 5 heterocycles. The van der Waals surface area contributed by atoms with Crippen molar-refractivity contribution in [1.29, 1.82) is 0 Å². The zero-order valence-corrected chi connectivity index (χ0v) is 25.6. The summed E-state index contributed by atoms with van der Waals surface area (Å²) < 4.78 is 39.8. The Labute approximate surface area is 247 Å². The molecule has 4 aliphatic rings. The van der Waals surface area contributed by atoms with Gasteiger partial charge in [-0.1, -0.05) is 18.2 Å². The molecular weight excluding hydrogens is 558 g/mol. The molecule has 1 unspecified atom stereocenters. The van der Waals surface area contributed by atoms with Crippen LogP contribution >= 0.6 is 0 Å². The highest BCUT2D eigenvalue weighted by molar-refractivity contribution is 7.90. The van der Waals surface area contributed by atoms with Crippen molar-refractivity contribution in [2.24, 2.45) is 0 Å². The average molecular weight is 600 g/mol. The summed E-state index contributed by atoms with van der Waals surface area (Å²) in [6.07, 6.45) is 3.44. The van der Waals surface area contributed by atoms with Crippen molar-refractivity contribution in [2.45, 2.75) is 74.8 Å². The van der Waals surface area contributed by atoms with Gasteiger partial charge in [-0.05, 0) is 59.1 Å². The largest absolute Gasteiger partial charge is 0.444 e. The number of likely N-dealkylation sites (tertiary alicyclic amines) is 2. The molecule has 0 aliphatic carbocycles. The second kappa shape index (κ2) is 11.3. The lowest BCUT2D eigenvalue weighted by atomic mass is 9.98. The minimum atomic E-state index is -3.62. The fourth-order valence-corrected chi connectivity index (χ4v) is 8.30. The maximum absolute atomic E-state index is 13.7. The molecule has 12 heteroatoms. The number of morpholine rings is 1. The van der Waals surface area contributed by atoms with E-state index in [9.17, 15) is 18.0 Å². The Bertz CT molecular complexity index is 1460. The number of benzene rings is 1. The zero-order valence-electron chi connectivity index (χ0n) is 24.8. The normalized spacial score (nSPS) is 24.5. The van der Waals surface area contributed by atoms with Crippen molar-refractivity contribution in [1.82, 2.24) is 24.5 Å². The van der Waals surface area contributed by atoms with E-state index in [4.69, 9.17) is 14.6 Å². The lowest BCUT2D eigenvalue weighted by Gasteiger charge is -2.43. The number of rotatable bonds is 3. The number of hydrogen-bond acceptors (Lipinski definition) is 8. The summed E-state index contributed by atoms with van der Waals surface area (Å²) in [5.41, 5.74) is 1.53. The van der Waals surface area contributed by atoms with E-state index in [0.717, 1.165) is 37.9 Å². The number of fused-ring (bicyclic) bond motifs is 3. The molecular formula is C30H41N5O6S. The molecule has 1 aromatic carbocycles. The number of piperidine rings is 2. The first-order valence-corrected chi connectivity index (χ1v) is 16.7. The van der Waals surface area contributed by atoms with Crippen molar-refractivity contribution in [2.75, 3.05) is 52.5 Å². The van der Waals surface area contributed by atoms with Crippen molar-refractivity contribution < 1.29 is 27.5 Å². The molecule has 2 amide bonds. The van der Waals surface area contributed by atoms with Crippen LogP contribution in [0.2, 0.25) is 0 Å². The van der Waals surface area contributed by atoms with E-state index in [-0.39, 0.29) is 40.4 Å². The Kier molecular flexibility index (Phi) is 7.82. The SMILES string of the molecule is CC(C)(C)OC(=O)N1CCCC(N2CCC[C@H](n3nc(C(=O)N4CCOCC4)c4c3-c3ccccc3S(=O)(=O)C4)C2)C1. The van der Waals surface area contributed by atoms with Gasteiger partial charge in [-0.15, -0.1) is 0 Å². The summed E-state index contributed by atoms with van der Waals surface area (Å²) in [5, 5.41) is 4.93. The number of carbonyl (C=O) groups is 2. The van der Waals surface area contributed by atoms with Gasteiger partial charge in [-0.3, -0.25) is 14.4 Å². The van der Waals surface area contributed by atoms with E-state index in [0.29, 0.717) is 57.1 Å². The first kappa shape index (κ1) is 29.1. The number of aromatic nitrogens is 2. The van der Waals surface area contributed by atoms with Gasteiger partial charge in [-0.2, -0.15) is 5.10 Å². The summed E-state index contributed by atoms with van der Waals surface area (Å²) in [5.74, 6) is -0.481. The van der Waals surface area contributed by atoms with Gasteiger partial charge in [0.25, 0.3) is 5.91 Å². The maximum Gasteiger partial charge on any atom is 0.410 e. The molecule has 228 valence electrons. The molecule has 1 aromatic heterocycles. The van der Waals surface area contributed by atoms with Gasteiger partial charge in [0.15, 0.2) is 15.5 Å². The number of amides is 2. The lowest BCUT2D eigenvalue weighted by molar-refractivity contribution is 0.00628. The van der Waals surface area contributed by atoms with E-state index in [2.05, 4.69) is 4.90 Å². The molecule has 0 N–H and O–H groups in total. The Morgan fingerprint density at radius 1 is 0.952 bits per heavy atom. The summed E-state index contributed by atoms with van der Waals surface area (Å²) in [4.78, 5) is 32.8. The van der Waals surface area contributed by atoms with Crippen LogP contribution < -0.4 is 0 Å². The third kappa shape index (κ3) is 5.68. The first-order valence-electron chi connectivity index (χ1n) is 15.0. The van der Waals surface area contributed by atoms with Gasteiger partial charge in [0, 0.05) is 49.9 Å². The molecule has 11 nitrogen and oxygen atoms in total. The van der Waals surface area contributed by atoms with Crippen LogP contribution in [0.3, 0.4) is 0 Å². The summed E-state index contributed by atoms with van der Waals surface area (Å²) in [7, 11) is -3.62. The van der Waals surface area contributed by atoms with Crippen LogP contribution in [-0.2, 0) is 25.1 Å². The highest BCUT2D eigenvalue weighted by atomic mass is 32.2. The predicted molar refractivity (Wildman–Crippen MR) is 156 cm³/mol. The fourth-order valence-electron chi connectivity index (χ4n) is 6.70. The number of carbonyl (C=O) groups excluding carboxylic acids is 2. The monoisotopic (exact) mass is 599 g/mol. The van der Waals surface area contributed by atoms with E-state index >= 15 is 0 Å². The summed E-state index contributed by atoms with van der Waals surface area (Å²) in [6.45, 7) is 10.4. The average Bonchev–Trinajstić information content (AvgIpc) is 3.35. The van der Waals surface area contributed by atoms with E-state index in [1.807, 2.05) is 42.5 Å². The van der Waals surface area contributed by atoms with Crippen LogP contribution in [0.1, 0.15) is 68.5 Å². The molecule has 3 saturated heterocycles. The van der Waals surface area contributed by atoms with Crippen LogP contribution in [0, 0.1) is 0 Å². The maximum atomic E-state index is 13.7. The van der Waals surface area contributed by atoms with Crippen molar-refractivity contribution in [3.05, 3.63) is 35.5 Å². The van der Waals surface area contributed by atoms with Crippen molar-refractivity contribution >= 4 is 21.8 Å². The molecule has 2 atom stereocenters. The van der Waals surface area contributed by atoms with Crippen molar-refractivity contribution in [3.63, 3.8) is 0 Å². The highest BCUT2D eigenvalue weighted by Crippen LogP contribution is 2.42. The molecule has 4 aliphatic heterocycles. The Morgan fingerprint density at radius 3 is 2.43 bits per heavy atom. The molecule has 6 rings (SSSR count). The standard InChI is InChI=1S/C30H41N5O6S/c1-30(2,3)41-29(37)34-13-6-8-21(18-34)33-12-7-9-22(19-33)35-27-23-10-4-5-11-25(23)42(38,39)20-24(27)26(31-35)28(36)32-14-16-40-17-15-32/h4-5,10-11,21-22H,6-9,12-20H2,1-3H3/t21?,22-/m0/s1. The number of ether oxygens (including phenoxy) is 2. The summed E-state index contributed by atoms with van der Waals surface area (Å²) >= 11 is 0. The molecule has 0 spiro atoms. The van der Waals surface area contributed by atoms with Crippen LogP contribution in [0.25, 0.3) is 11.3 Å². The van der Waals surface area contributed by atoms with Gasteiger partial charge in [0.1, 0.15) is 5.60 Å². The van der Waals surface area contributed by atoms with E-state index < -0.39 is 15.4 Å². The predicted octanol–water partition coefficient (Wildman–Crippen LogP) is 3.35. The Balaban J connectivity index is 1.32. The minimum Gasteiger partial charge on any atom is -0.444 e. The highest BCUT2D eigenvalue weighted by Gasteiger charge is 2.40. The van der Waals surface area contributed by atoms with Crippen molar-refractivity contribution in [3.8, 4) is 11.3 Å². The molecule has 2 aromatic rings. The quantitative estimate of drug-likeness (QED) is 0.528. The van der Waals surface area contributed by atoms with Crippen LogP contribution in [-0.4, -0.2) is 109 Å². The molecule has 0 bridgehead atoms. The Morgan fingerprint density at radius 2 is 1.67 bits per heavy atom. The molecule has 42 heavy (non-hydrogen) atoms. The lowest BCUT2D eigenvalue weighted by Crippen LogP contribution is -2.53. The van der Waals surface area contributed by atoms with Crippen LogP contribution in [0.15, 0.2) is 29.2 Å². The fraction of sp³-hybridized carbons (Fsp3) is 0.633. The Hall–Kier alpha value is -2.96. The second-order valence-corrected chi connectivity index (χ2v) is 14.8. The molecule has 0 saturated carbocycles. The van der Waals surface area contributed by atoms with Crippen LogP contribution in [0.4, 0.5) is 4.79 Å². The first-order chi connectivity index (χ1) is 20.0. The minimum absolute atomic E-state index is 0.0375. The smallest absolute Gasteiger partial charge is 0.410 e. The third-order valence-corrected chi connectivity index (χ3v) is 10.4. The van der Waals surface area contributed by atoms with Gasteiger partial charge in [-0.25, -0.2) is 13.2 Å². The molecule has 0 radical (unpaired) electrons. The van der Waals surface area contributed by atoms with Gasteiger partial charge in [0.2, 0.25) is 0 Å². The summed E-state index contributed by atoms with van der Waals surface area (Å²) in [6, 6.07) is 7.21. The van der Waals surface area contributed by atoms with Crippen LogP contribution in [0.5, 0.6) is 0 Å². The van der Waals surface area contributed by atoms with Gasteiger partial charge < -0.3 is 19.3 Å². The second-order valence-electron chi connectivity index (χ2n) is 12.8. The zero-order chi connectivity index (χ0) is 29.6. The van der Waals surface area contributed by atoms with E-state index in [1.54, 1.807) is 17.0 Å². The number of hydrogen-bond donors (Lipinski definition) is 0. The number of sulfone groups is 1. The molecule has 3 fully saturated rings. The number of nitrogens with zero attached hydrogens (tertiary/aromatic N) is 5. The van der Waals surface area contributed by atoms with Gasteiger partial charge in [0.05, 0.1) is 35.6 Å². The van der Waals surface area contributed by atoms with Gasteiger partial charge >= 0.3 is 6.09 Å². The van der Waals surface area contributed by atoms with E-state index in [1.165, 1.54) is 0 Å². The topological polar surface area (TPSA) is 114 Å². The third-order valence-electron chi connectivity index (χ3n) is 8.66.